The lowest BCUT2D eigenvalue weighted by Crippen LogP contribution is -2.43. The standard InChI is InChI=1S/C24H30N4O2/c1-5-16-25-24(29)28(18(2)3)17-21-22(19-12-8-6-9-13-19)26-27(4)23(21)30-20-14-10-7-11-15-20/h6-15,18H,5,16-17H2,1-4H3,(H,25,29). The van der Waals surface area contributed by atoms with Crippen molar-refractivity contribution in [3.05, 3.63) is 66.2 Å². The Morgan fingerprint density at radius 1 is 1.10 bits per heavy atom. The van der Waals surface area contributed by atoms with Gasteiger partial charge in [-0.3, -0.25) is 0 Å². The monoisotopic (exact) mass is 406 g/mol. The second kappa shape index (κ2) is 9.96. The first-order chi connectivity index (χ1) is 14.5. The number of aromatic nitrogens is 2. The van der Waals surface area contributed by atoms with Crippen LogP contribution in [0.15, 0.2) is 60.7 Å². The van der Waals surface area contributed by atoms with E-state index in [4.69, 9.17) is 9.84 Å². The van der Waals surface area contributed by atoms with Crippen LogP contribution in [0.3, 0.4) is 0 Å². The molecule has 1 N–H and O–H groups in total. The Kier molecular flexibility index (Phi) is 7.12. The molecule has 6 nitrogen and oxygen atoms in total. The van der Waals surface area contributed by atoms with E-state index in [1.165, 1.54) is 0 Å². The number of rotatable bonds is 8. The fraction of sp³-hybridized carbons (Fsp3) is 0.333. The summed E-state index contributed by atoms with van der Waals surface area (Å²) in [5.41, 5.74) is 2.69. The van der Waals surface area contributed by atoms with E-state index in [0.717, 1.165) is 29.0 Å². The molecule has 3 rings (SSSR count). The summed E-state index contributed by atoms with van der Waals surface area (Å²) in [5.74, 6) is 1.36. The molecule has 2 amide bonds. The van der Waals surface area contributed by atoms with Gasteiger partial charge in [-0.1, -0.05) is 55.5 Å². The van der Waals surface area contributed by atoms with Gasteiger partial charge >= 0.3 is 6.03 Å². The summed E-state index contributed by atoms with van der Waals surface area (Å²) in [4.78, 5) is 14.6. The van der Waals surface area contributed by atoms with Gasteiger partial charge in [-0.05, 0) is 32.4 Å². The number of urea groups is 1. The second-order valence-corrected chi connectivity index (χ2v) is 7.49. The average Bonchev–Trinajstić information content (AvgIpc) is 3.06. The van der Waals surface area contributed by atoms with Crippen LogP contribution >= 0.6 is 0 Å². The summed E-state index contributed by atoms with van der Waals surface area (Å²) in [6.07, 6.45) is 0.891. The van der Waals surface area contributed by atoms with E-state index in [9.17, 15) is 4.79 Å². The fourth-order valence-corrected chi connectivity index (χ4v) is 3.24. The van der Waals surface area contributed by atoms with Gasteiger partial charge in [0.2, 0.25) is 5.88 Å². The van der Waals surface area contributed by atoms with E-state index in [1.54, 1.807) is 4.68 Å². The van der Waals surface area contributed by atoms with E-state index in [2.05, 4.69) is 5.32 Å². The van der Waals surface area contributed by atoms with Crippen molar-refractivity contribution in [1.82, 2.24) is 20.0 Å². The molecule has 0 unspecified atom stereocenters. The topological polar surface area (TPSA) is 59.4 Å². The molecule has 3 aromatic rings. The predicted molar refractivity (Wildman–Crippen MR) is 120 cm³/mol. The van der Waals surface area contributed by atoms with Crippen molar-refractivity contribution >= 4 is 6.03 Å². The van der Waals surface area contributed by atoms with Crippen LogP contribution in [0.2, 0.25) is 0 Å². The van der Waals surface area contributed by atoms with Crippen LogP contribution in [0, 0.1) is 0 Å². The van der Waals surface area contributed by atoms with Crippen LogP contribution in [0.1, 0.15) is 32.8 Å². The highest BCUT2D eigenvalue weighted by molar-refractivity contribution is 5.75. The zero-order chi connectivity index (χ0) is 21.5. The Morgan fingerprint density at radius 2 is 1.73 bits per heavy atom. The van der Waals surface area contributed by atoms with Crippen LogP contribution in [0.4, 0.5) is 4.79 Å². The number of carbonyl (C=O) groups is 1. The van der Waals surface area contributed by atoms with Crippen molar-refractivity contribution < 1.29 is 9.53 Å². The molecule has 158 valence electrons. The lowest BCUT2D eigenvalue weighted by Gasteiger charge is -2.27. The number of ether oxygens (including phenoxy) is 1. The highest BCUT2D eigenvalue weighted by Gasteiger charge is 2.25. The van der Waals surface area contributed by atoms with E-state index in [-0.39, 0.29) is 12.1 Å². The molecule has 0 aliphatic rings. The van der Waals surface area contributed by atoms with Gasteiger partial charge in [0.1, 0.15) is 11.4 Å². The van der Waals surface area contributed by atoms with Gasteiger partial charge in [0.15, 0.2) is 0 Å². The van der Waals surface area contributed by atoms with Crippen molar-refractivity contribution in [3.63, 3.8) is 0 Å². The van der Waals surface area contributed by atoms with E-state index in [0.29, 0.717) is 19.0 Å². The van der Waals surface area contributed by atoms with Gasteiger partial charge in [-0.15, -0.1) is 0 Å². The summed E-state index contributed by atoms with van der Waals surface area (Å²) in [6.45, 7) is 7.12. The smallest absolute Gasteiger partial charge is 0.317 e. The van der Waals surface area contributed by atoms with Crippen LogP contribution in [0.5, 0.6) is 11.6 Å². The molecule has 6 heteroatoms. The van der Waals surface area contributed by atoms with Gasteiger partial charge in [0.25, 0.3) is 0 Å². The lowest BCUT2D eigenvalue weighted by atomic mass is 10.1. The Morgan fingerprint density at radius 3 is 2.33 bits per heavy atom. The van der Waals surface area contributed by atoms with Crippen LogP contribution < -0.4 is 10.1 Å². The third-order valence-electron chi connectivity index (χ3n) is 4.83. The molecule has 0 fully saturated rings. The minimum atomic E-state index is -0.0830. The van der Waals surface area contributed by atoms with Gasteiger partial charge in [0.05, 0.1) is 12.1 Å². The largest absolute Gasteiger partial charge is 0.439 e. The summed E-state index contributed by atoms with van der Waals surface area (Å²) < 4.78 is 7.97. The first-order valence-electron chi connectivity index (χ1n) is 10.4. The molecule has 0 radical (unpaired) electrons. The molecule has 2 aromatic carbocycles. The molecule has 0 atom stereocenters. The minimum Gasteiger partial charge on any atom is -0.439 e. The number of hydrogen-bond acceptors (Lipinski definition) is 3. The van der Waals surface area contributed by atoms with Crippen molar-refractivity contribution in [2.24, 2.45) is 7.05 Å². The van der Waals surface area contributed by atoms with Crippen molar-refractivity contribution in [3.8, 4) is 22.9 Å². The maximum atomic E-state index is 12.8. The Balaban J connectivity index is 2.03. The molecule has 0 bridgehead atoms. The molecule has 0 aliphatic heterocycles. The summed E-state index contributed by atoms with van der Waals surface area (Å²) >= 11 is 0. The Labute approximate surface area is 178 Å². The number of para-hydroxylation sites is 1. The Bertz CT molecular complexity index is 952. The maximum absolute atomic E-state index is 12.8. The number of hydrogen-bond donors (Lipinski definition) is 1. The zero-order valence-electron chi connectivity index (χ0n) is 18.1. The highest BCUT2D eigenvalue weighted by Crippen LogP contribution is 2.34. The SMILES string of the molecule is CCCNC(=O)N(Cc1c(-c2ccccc2)nn(C)c1Oc1ccccc1)C(C)C. The molecule has 0 spiro atoms. The third-order valence-corrected chi connectivity index (χ3v) is 4.83. The summed E-state index contributed by atoms with van der Waals surface area (Å²) in [7, 11) is 1.87. The number of benzene rings is 2. The normalized spacial score (nSPS) is 10.8. The van der Waals surface area contributed by atoms with Crippen LogP contribution in [-0.4, -0.2) is 33.3 Å². The maximum Gasteiger partial charge on any atom is 0.317 e. The van der Waals surface area contributed by atoms with Crippen molar-refractivity contribution in [1.29, 1.82) is 0 Å². The fourth-order valence-electron chi connectivity index (χ4n) is 3.24. The molecule has 30 heavy (non-hydrogen) atoms. The number of amides is 2. The average molecular weight is 407 g/mol. The van der Waals surface area contributed by atoms with E-state index < -0.39 is 0 Å². The first kappa shape index (κ1) is 21.4. The zero-order valence-corrected chi connectivity index (χ0v) is 18.1. The van der Waals surface area contributed by atoms with Crippen molar-refractivity contribution in [2.45, 2.75) is 39.8 Å². The molecular formula is C24H30N4O2. The Hall–Kier alpha value is -3.28. The van der Waals surface area contributed by atoms with Gasteiger partial charge < -0.3 is 15.0 Å². The predicted octanol–water partition coefficient (Wildman–Crippen LogP) is 5.21. The van der Waals surface area contributed by atoms with Crippen LogP contribution in [0.25, 0.3) is 11.3 Å². The van der Waals surface area contributed by atoms with E-state index in [1.807, 2.05) is 93.4 Å². The second-order valence-electron chi connectivity index (χ2n) is 7.49. The quantitative estimate of drug-likeness (QED) is 0.559. The molecular weight excluding hydrogens is 376 g/mol. The number of aryl methyl sites for hydroxylation is 1. The third kappa shape index (κ3) is 5.00. The highest BCUT2D eigenvalue weighted by atomic mass is 16.5. The van der Waals surface area contributed by atoms with Crippen LogP contribution in [-0.2, 0) is 13.6 Å². The van der Waals surface area contributed by atoms with Gasteiger partial charge in [-0.2, -0.15) is 5.10 Å². The number of nitrogens with zero attached hydrogens (tertiary/aromatic N) is 3. The van der Waals surface area contributed by atoms with Gasteiger partial charge in [0, 0.05) is 25.2 Å². The number of nitrogens with one attached hydrogen (secondary N) is 1. The summed E-state index contributed by atoms with van der Waals surface area (Å²) in [5, 5.41) is 7.73. The molecule has 0 saturated carbocycles. The molecule has 0 saturated heterocycles. The first-order valence-corrected chi connectivity index (χ1v) is 10.4. The van der Waals surface area contributed by atoms with E-state index >= 15 is 0 Å². The number of carbonyl (C=O) groups excluding carboxylic acids is 1. The van der Waals surface area contributed by atoms with Crippen molar-refractivity contribution in [2.75, 3.05) is 6.54 Å². The minimum absolute atomic E-state index is 0.0234. The molecule has 1 aromatic heterocycles. The molecule has 1 heterocycles. The van der Waals surface area contributed by atoms with Gasteiger partial charge in [-0.25, -0.2) is 9.48 Å². The summed E-state index contributed by atoms with van der Waals surface area (Å²) in [6, 6.07) is 19.6. The molecule has 0 aliphatic carbocycles. The lowest BCUT2D eigenvalue weighted by molar-refractivity contribution is 0.179.